The number of benzene rings is 1. The van der Waals surface area contributed by atoms with E-state index < -0.39 is 0 Å². The summed E-state index contributed by atoms with van der Waals surface area (Å²) in [5, 5.41) is 7.88. The van der Waals surface area contributed by atoms with Crippen LogP contribution in [-0.2, 0) is 6.42 Å². The van der Waals surface area contributed by atoms with Crippen LogP contribution in [0.5, 0.6) is 0 Å². The zero-order valence-corrected chi connectivity index (χ0v) is 14.9. The molecular weight excluding hydrogens is 324 g/mol. The molecule has 2 aromatic heterocycles. The molecule has 5 N–H and O–H groups in total. The van der Waals surface area contributed by atoms with Gasteiger partial charge in [0, 0.05) is 24.6 Å². The van der Waals surface area contributed by atoms with Gasteiger partial charge in [-0.2, -0.15) is 0 Å². The molecule has 0 saturated heterocycles. The van der Waals surface area contributed by atoms with Gasteiger partial charge in [-0.05, 0) is 37.7 Å². The first-order valence-electron chi connectivity index (χ1n) is 9.38. The van der Waals surface area contributed by atoms with Crippen molar-refractivity contribution in [2.75, 3.05) is 17.6 Å². The predicted octanol–water partition coefficient (Wildman–Crippen LogP) is 2.95. The number of hydrogen-bond donors (Lipinski definition) is 3. The van der Waals surface area contributed by atoms with Gasteiger partial charge in [-0.15, -0.1) is 5.10 Å². The number of hydrogen-bond acceptors (Lipinski definition) is 5. The number of anilines is 2. The summed E-state index contributed by atoms with van der Waals surface area (Å²) >= 11 is 0. The number of nitrogens with two attached hydrogens (primary N) is 2. The number of nitrogens with zero attached hydrogens (tertiary/aromatic N) is 3. The lowest BCUT2D eigenvalue weighted by Gasteiger charge is -2.24. The summed E-state index contributed by atoms with van der Waals surface area (Å²) in [6, 6.07) is 12.7. The van der Waals surface area contributed by atoms with Crippen LogP contribution in [0.3, 0.4) is 0 Å². The lowest BCUT2D eigenvalue weighted by atomic mass is 9.85. The highest BCUT2D eigenvalue weighted by Crippen LogP contribution is 2.32. The number of aromatic nitrogens is 3. The minimum absolute atomic E-state index is 0.340. The van der Waals surface area contributed by atoms with Crippen molar-refractivity contribution in [1.82, 2.24) is 14.6 Å². The van der Waals surface area contributed by atoms with Crippen LogP contribution in [0.25, 0.3) is 5.65 Å². The van der Waals surface area contributed by atoms with E-state index in [9.17, 15) is 0 Å². The number of imidazole rings is 1. The van der Waals surface area contributed by atoms with Crippen LogP contribution in [0.2, 0.25) is 0 Å². The molecule has 4 rings (SSSR count). The zero-order valence-electron chi connectivity index (χ0n) is 14.9. The second-order valence-corrected chi connectivity index (χ2v) is 7.19. The number of rotatable bonds is 5. The first kappa shape index (κ1) is 16.8. The first-order valence-corrected chi connectivity index (χ1v) is 9.38. The van der Waals surface area contributed by atoms with Gasteiger partial charge in [-0.1, -0.05) is 30.3 Å². The Balaban J connectivity index is 1.52. The summed E-state index contributed by atoms with van der Waals surface area (Å²) in [6.45, 7) is 0.823. The van der Waals surface area contributed by atoms with Gasteiger partial charge < -0.3 is 16.8 Å². The quantitative estimate of drug-likeness (QED) is 0.658. The summed E-state index contributed by atoms with van der Waals surface area (Å²) in [5.41, 5.74) is 16.2. The summed E-state index contributed by atoms with van der Waals surface area (Å²) in [4.78, 5) is 4.87. The normalized spacial score (nSPS) is 20.3. The van der Waals surface area contributed by atoms with Gasteiger partial charge in [0.15, 0.2) is 5.65 Å². The summed E-state index contributed by atoms with van der Waals surface area (Å²) in [7, 11) is 0. The molecule has 1 saturated carbocycles. The average molecular weight is 350 g/mol. The fourth-order valence-corrected chi connectivity index (χ4v) is 3.74. The Morgan fingerprint density at radius 3 is 2.65 bits per heavy atom. The molecule has 26 heavy (non-hydrogen) atoms. The molecule has 0 atom stereocenters. The second-order valence-electron chi connectivity index (χ2n) is 7.19. The number of fused-ring (bicyclic) bond motifs is 1. The van der Waals surface area contributed by atoms with Crippen molar-refractivity contribution in [2.24, 2.45) is 5.73 Å². The average Bonchev–Trinajstić information content (AvgIpc) is 3.07. The molecule has 0 aliphatic heterocycles. The van der Waals surface area contributed by atoms with Gasteiger partial charge >= 0.3 is 0 Å². The van der Waals surface area contributed by atoms with Crippen molar-refractivity contribution in [2.45, 2.75) is 44.1 Å². The molecular formula is C20H26N6. The Labute approximate surface area is 153 Å². The smallest absolute Gasteiger partial charge is 0.177 e. The number of nitrogens with one attached hydrogen (secondary N) is 1. The molecule has 1 aliphatic carbocycles. The van der Waals surface area contributed by atoms with E-state index in [0.29, 0.717) is 17.8 Å². The van der Waals surface area contributed by atoms with E-state index in [1.165, 1.54) is 5.56 Å². The van der Waals surface area contributed by atoms with E-state index in [-0.39, 0.29) is 0 Å². The van der Waals surface area contributed by atoms with Crippen molar-refractivity contribution in [1.29, 1.82) is 0 Å². The van der Waals surface area contributed by atoms with Gasteiger partial charge in [0.2, 0.25) is 0 Å². The van der Waals surface area contributed by atoms with Crippen molar-refractivity contribution < 1.29 is 0 Å². The number of nitrogen functional groups attached to an aromatic ring is 1. The highest BCUT2D eigenvalue weighted by Gasteiger charge is 2.23. The molecule has 6 heteroatoms. The Bertz CT molecular complexity index is 865. The van der Waals surface area contributed by atoms with Gasteiger partial charge in [-0.3, -0.25) is 0 Å². The second kappa shape index (κ2) is 7.33. The highest BCUT2D eigenvalue weighted by molar-refractivity contribution is 5.70. The van der Waals surface area contributed by atoms with Gasteiger partial charge in [0.05, 0.1) is 17.6 Å². The van der Waals surface area contributed by atoms with Crippen molar-refractivity contribution >= 4 is 17.2 Å². The molecule has 136 valence electrons. The maximum atomic E-state index is 6.03. The van der Waals surface area contributed by atoms with Gasteiger partial charge in [0.25, 0.3) is 0 Å². The third-order valence-electron chi connectivity index (χ3n) is 5.22. The maximum absolute atomic E-state index is 6.03. The van der Waals surface area contributed by atoms with Crippen molar-refractivity contribution in [3.8, 4) is 0 Å². The van der Waals surface area contributed by atoms with Crippen LogP contribution in [-0.4, -0.2) is 27.2 Å². The largest absolute Gasteiger partial charge is 0.382 e. The molecule has 2 heterocycles. The van der Waals surface area contributed by atoms with Crippen LogP contribution >= 0.6 is 0 Å². The van der Waals surface area contributed by atoms with Crippen LogP contribution < -0.4 is 16.8 Å². The van der Waals surface area contributed by atoms with Crippen LogP contribution in [0.4, 0.5) is 11.5 Å². The molecule has 0 bridgehead atoms. The van der Waals surface area contributed by atoms with E-state index in [1.807, 2.05) is 22.8 Å². The third kappa shape index (κ3) is 3.65. The van der Waals surface area contributed by atoms with E-state index in [0.717, 1.165) is 55.7 Å². The molecule has 0 unspecified atom stereocenters. The Morgan fingerprint density at radius 1 is 1.12 bits per heavy atom. The minimum atomic E-state index is 0.340. The topological polar surface area (TPSA) is 94.3 Å². The SMILES string of the molecule is Nc1cc(NCCc2ccccc2)c2nc([C@H]3CC[C@H](N)CC3)cn2n1. The van der Waals surface area contributed by atoms with Crippen LogP contribution in [0, 0.1) is 0 Å². The predicted molar refractivity (Wildman–Crippen MR) is 105 cm³/mol. The molecule has 0 amide bonds. The first-order chi connectivity index (χ1) is 12.7. The monoisotopic (exact) mass is 350 g/mol. The lowest BCUT2D eigenvalue weighted by molar-refractivity contribution is 0.391. The molecule has 0 radical (unpaired) electrons. The third-order valence-corrected chi connectivity index (χ3v) is 5.22. The standard InChI is InChI=1S/C20H26N6/c21-16-8-6-15(7-9-16)18-13-26-20(24-18)17(12-19(22)25-26)23-11-10-14-4-2-1-3-5-14/h1-5,12-13,15-16,23H,6-11,21H2,(H2,22,25)/t15-,16-. The Kier molecular flexibility index (Phi) is 4.75. The minimum Gasteiger partial charge on any atom is -0.382 e. The summed E-state index contributed by atoms with van der Waals surface area (Å²) in [6.07, 6.45) is 7.29. The Morgan fingerprint density at radius 2 is 1.88 bits per heavy atom. The molecule has 6 nitrogen and oxygen atoms in total. The lowest BCUT2D eigenvalue weighted by Crippen LogP contribution is -2.25. The summed E-state index contributed by atoms with van der Waals surface area (Å²) in [5.74, 6) is 0.962. The summed E-state index contributed by atoms with van der Waals surface area (Å²) < 4.78 is 1.81. The van der Waals surface area contributed by atoms with E-state index in [1.54, 1.807) is 0 Å². The van der Waals surface area contributed by atoms with Crippen LogP contribution in [0.1, 0.15) is 42.9 Å². The fourth-order valence-electron chi connectivity index (χ4n) is 3.74. The van der Waals surface area contributed by atoms with Crippen LogP contribution in [0.15, 0.2) is 42.6 Å². The van der Waals surface area contributed by atoms with Gasteiger partial charge in [-0.25, -0.2) is 9.50 Å². The van der Waals surface area contributed by atoms with E-state index in [2.05, 4.69) is 34.7 Å². The maximum Gasteiger partial charge on any atom is 0.177 e. The molecule has 1 aromatic carbocycles. The van der Waals surface area contributed by atoms with E-state index in [4.69, 9.17) is 16.5 Å². The molecule has 1 aliphatic rings. The van der Waals surface area contributed by atoms with E-state index >= 15 is 0 Å². The van der Waals surface area contributed by atoms with Crippen molar-refractivity contribution in [3.05, 3.63) is 53.9 Å². The molecule has 0 spiro atoms. The van der Waals surface area contributed by atoms with Gasteiger partial charge in [0.1, 0.15) is 5.82 Å². The van der Waals surface area contributed by atoms with Crippen molar-refractivity contribution in [3.63, 3.8) is 0 Å². The highest BCUT2D eigenvalue weighted by atomic mass is 15.3. The Hall–Kier alpha value is -2.60. The molecule has 3 aromatic rings. The fraction of sp³-hybridized carbons (Fsp3) is 0.400. The molecule has 1 fully saturated rings. The zero-order chi connectivity index (χ0) is 17.9.